The molecule has 0 atom stereocenters. The van der Waals surface area contributed by atoms with Crippen LogP contribution >= 0.6 is 0 Å². The fraction of sp³-hybridized carbons (Fsp3) is 0.714. The molecule has 0 saturated heterocycles. The number of rotatable bonds is 2. The molecule has 0 unspecified atom stereocenters. The van der Waals surface area contributed by atoms with Gasteiger partial charge >= 0.3 is 7.54 Å². The van der Waals surface area contributed by atoms with Gasteiger partial charge in [-0.05, 0) is 13.8 Å². The van der Waals surface area contributed by atoms with Gasteiger partial charge in [0.15, 0.2) is 0 Å². The molecule has 0 aromatic carbocycles. The average molecular weight is 194 g/mol. The summed E-state index contributed by atoms with van der Waals surface area (Å²) in [4.78, 5) is 4.56. The molecule has 2 nitrogen and oxygen atoms in total. The van der Waals surface area contributed by atoms with Crippen LogP contribution in [0.1, 0.15) is 13.8 Å². The summed E-state index contributed by atoms with van der Waals surface area (Å²) in [5.41, 5.74) is 0. The van der Waals surface area contributed by atoms with Crippen LogP contribution in [-0.2, 0) is 0 Å². The van der Waals surface area contributed by atoms with Crippen LogP contribution < -0.4 is 0 Å². The molecule has 0 N–H and O–H groups in total. The lowest BCUT2D eigenvalue weighted by Crippen LogP contribution is -2.24. The third-order valence-corrected chi connectivity index (χ3v) is 1.66. The molecule has 1 rings (SSSR count). The molecule has 0 aromatic rings. The van der Waals surface area contributed by atoms with Crippen molar-refractivity contribution < 1.29 is 12.9 Å². The Bertz CT molecular complexity index is 140. The molecule has 0 fully saturated rings. The number of hydrogen-bond acceptors (Lipinski definition) is 2. The highest BCUT2D eigenvalue weighted by atomic mass is 19.4. The topological polar surface area (TPSA) is 6.48 Å². The Labute approximate surface area is 77.2 Å². The second-order valence-electron chi connectivity index (χ2n) is 2.50. The minimum Gasteiger partial charge on any atom is -0.359 e. The largest absolute Gasteiger partial charge is 0.762 e. The van der Waals surface area contributed by atoms with Crippen molar-refractivity contribution in [2.75, 3.05) is 19.8 Å². The molecule has 0 aromatic heterocycles. The van der Waals surface area contributed by atoms with Gasteiger partial charge in [0.2, 0.25) is 0 Å². The highest BCUT2D eigenvalue weighted by Gasteiger charge is 2.06. The molecule has 0 bridgehead atoms. The second-order valence-corrected chi connectivity index (χ2v) is 2.50. The van der Waals surface area contributed by atoms with Gasteiger partial charge in [0.05, 0.1) is 6.67 Å². The maximum Gasteiger partial charge on any atom is 0.762 e. The maximum absolute atomic E-state index is 9.67. The molecule has 76 valence electrons. The van der Waals surface area contributed by atoms with E-state index in [9.17, 15) is 12.9 Å². The molecule has 6 heteroatoms. The van der Waals surface area contributed by atoms with Crippen molar-refractivity contribution in [3.63, 3.8) is 0 Å². The summed E-state index contributed by atoms with van der Waals surface area (Å²) in [5.74, 6) is 0. The van der Waals surface area contributed by atoms with E-state index in [0.29, 0.717) is 0 Å². The molecule has 1 aliphatic heterocycles. The highest BCUT2D eigenvalue weighted by Crippen LogP contribution is 2.03. The third kappa shape index (κ3) is 6.36. The van der Waals surface area contributed by atoms with E-state index in [2.05, 4.69) is 36.0 Å². The number of nitrogens with zero attached hydrogens (tertiary/aromatic N) is 2. The molecule has 0 spiro atoms. The fourth-order valence-corrected chi connectivity index (χ4v) is 0.927. The van der Waals surface area contributed by atoms with Crippen molar-refractivity contribution in [3.8, 4) is 0 Å². The van der Waals surface area contributed by atoms with Gasteiger partial charge in [0, 0.05) is 25.5 Å². The Morgan fingerprint density at radius 1 is 1.08 bits per heavy atom. The average Bonchev–Trinajstić information content (AvgIpc) is 2.50. The quantitative estimate of drug-likeness (QED) is 0.620. The van der Waals surface area contributed by atoms with Gasteiger partial charge in [-0.2, -0.15) is 0 Å². The molecule has 0 radical (unpaired) electrons. The van der Waals surface area contributed by atoms with Crippen molar-refractivity contribution >= 4 is 7.54 Å². The summed E-state index contributed by atoms with van der Waals surface area (Å²) in [6.45, 7) is 7.65. The van der Waals surface area contributed by atoms with E-state index in [-0.39, 0.29) is 0 Å². The van der Waals surface area contributed by atoms with Crippen LogP contribution in [0.2, 0.25) is 0 Å². The Hall–Kier alpha value is -0.805. The monoisotopic (exact) mass is 194 g/mol. The number of hydrogen-bond donors (Lipinski definition) is 0. The van der Waals surface area contributed by atoms with Crippen molar-refractivity contribution in [1.29, 1.82) is 0 Å². The molecular weight excluding hydrogens is 180 g/mol. The molecule has 1 heterocycles. The zero-order chi connectivity index (χ0) is 10.3. The second kappa shape index (κ2) is 6.68. The van der Waals surface area contributed by atoms with Gasteiger partial charge in [-0.15, -0.1) is 0 Å². The molecule has 13 heavy (non-hydrogen) atoms. The van der Waals surface area contributed by atoms with Gasteiger partial charge in [0.1, 0.15) is 0 Å². The summed E-state index contributed by atoms with van der Waals surface area (Å²) in [7, 11) is -3.67. The van der Waals surface area contributed by atoms with Gasteiger partial charge in [-0.1, -0.05) is 0 Å². The van der Waals surface area contributed by atoms with E-state index in [1.807, 2.05) is 0 Å². The Morgan fingerprint density at radius 3 is 1.54 bits per heavy atom. The zero-order valence-electron chi connectivity index (χ0n) is 7.88. The molecular formula is C7H14BF3N2. The van der Waals surface area contributed by atoms with Crippen LogP contribution in [-0.4, -0.2) is 37.1 Å². The van der Waals surface area contributed by atoms with Crippen molar-refractivity contribution in [1.82, 2.24) is 9.80 Å². The predicted octanol–water partition coefficient (Wildman–Crippen LogP) is 1.95. The van der Waals surface area contributed by atoms with Crippen molar-refractivity contribution in [3.05, 3.63) is 12.4 Å². The zero-order valence-corrected chi connectivity index (χ0v) is 7.88. The first kappa shape index (κ1) is 12.2. The highest BCUT2D eigenvalue weighted by molar-refractivity contribution is 6.33. The van der Waals surface area contributed by atoms with E-state index >= 15 is 0 Å². The molecule has 0 amide bonds. The predicted molar refractivity (Wildman–Crippen MR) is 47.8 cm³/mol. The molecule has 0 saturated carbocycles. The van der Waals surface area contributed by atoms with Crippen LogP contribution in [0.25, 0.3) is 0 Å². The SMILES string of the molecule is CCN1C=CN(CC)C1.FB(F)F. The van der Waals surface area contributed by atoms with Gasteiger partial charge in [0.25, 0.3) is 0 Å². The Morgan fingerprint density at radius 2 is 1.38 bits per heavy atom. The molecule has 1 aliphatic rings. The van der Waals surface area contributed by atoms with Crippen LogP contribution in [0.3, 0.4) is 0 Å². The standard InChI is InChI=1S/C7H14N2.BF3/c1-3-8-5-6-9(4-2)7-8;2-1(3)4/h5-6H,3-4,7H2,1-2H3;. The van der Waals surface area contributed by atoms with Crippen LogP contribution in [0.4, 0.5) is 12.9 Å². The van der Waals surface area contributed by atoms with Gasteiger partial charge in [-0.3, -0.25) is 12.9 Å². The van der Waals surface area contributed by atoms with Crippen molar-refractivity contribution in [2.45, 2.75) is 13.8 Å². The minimum absolute atomic E-state index is 1.08. The maximum atomic E-state index is 9.67. The first-order valence-corrected chi connectivity index (χ1v) is 4.18. The Balaban J connectivity index is 0.000000310. The van der Waals surface area contributed by atoms with Gasteiger partial charge in [-0.25, -0.2) is 0 Å². The van der Waals surface area contributed by atoms with E-state index in [0.717, 1.165) is 19.8 Å². The first-order valence-electron chi connectivity index (χ1n) is 4.18. The summed E-state index contributed by atoms with van der Waals surface area (Å²) >= 11 is 0. The summed E-state index contributed by atoms with van der Waals surface area (Å²) in [6, 6.07) is 0. The van der Waals surface area contributed by atoms with Crippen LogP contribution in [0.5, 0.6) is 0 Å². The summed E-state index contributed by atoms with van der Waals surface area (Å²) < 4.78 is 29.0. The van der Waals surface area contributed by atoms with Crippen LogP contribution in [0.15, 0.2) is 12.4 Å². The normalized spacial score (nSPS) is 14.2. The van der Waals surface area contributed by atoms with E-state index < -0.39 is 7.54 Å². The van der Waals surface area contributed by atoms with Gasteiger partial charge < -0.3 is 9.80 Å². The lowest BCUT2D eigenvalue weighted by molar-refractivity contribution is 0.282. The van der Waals surface area contributed by atoms with E-state index in [4.69, 9.17) is 0 Å². The first-order chi connectivity index (χ1) is 6.10. The van der Waals surface area contributed by atoms with E-state index in [1.54, 1.807) is 0 Å². The molecule has 0 aliphatic carbocycles. The lowest BCUT2D eigenvalue weighted by atomic mass is 10.5. The summed E-state index contributed by atoms with van der Waals surface area (Å²) in [5, 5.41) is 0. The smallest absolute Gasteiger partial charge is 0.359 e. The Kier molecular flexibility index (Phi) is 6.27. The van der Waals surface area contributed by atoms with Crippen molar-refractivity contribution in [2.24, 2.45) is 0 Å². The minimum atomic E-state index is -3.67. The van der Waals surface area contributed by atoms with Crippen LogP contribution in [0, 0.1) is 0 Å². The van der Waals surface area contributed by atoms with E-state index in [1.165, 1.54) is 0 Å². The fourth-order valence-electron chi connectivity index (χ4n) is 0.927. The summed E-state index contributed by atoms with van der Waals surface area (Å²) in [6.07, 6.45) is 4.28. The lowest BCUT2D eigenvalue weighted by Gasteiger charge is -2.17. The third-order valence-electron chi connectivity index (χ3n) is 1.66. The number of halogens is 3.